The predicted molar refractivity (Wildman–Crippen MR) is 69.2 cm³/mol. The lowest BCUT2D eigenvalue weighted by molar-refractivity contribution is 0.229. The van der Waals surface area contributed by atoms with Crippen molar-refractivity contribution in [1.82, 2.24) is 4.90 Å². The third kappa shape index (κ3) is 3.86. The van der Waals surface area contributed by atoms with Gasteiger partial charge in [-0.15, -0.1) is 0 Å². The number of hydrogen-bond donors (Lipinski definition) is 0. The molecule has 1 fully saturated rings. The molecule has 0 amide bonds. The molecule has 0 N–H and O–H groups in total. The van der Waals surface area contributed by atoms with Crippen molar-refractivity contribution < 1.29 is 4.74 Å². The fourth-order valence-electron chi connectivity index (χ4n) is 1.63. The Balaban J connectivity index is 0.000000212. The minimum Gasteiger partial charge on any atom is -0.497 e. The Bertz CT molecular complexity index is 319. The van der Waals surface area contributed by atoms with E-state index in [1.807, 2.05) is 6.07 Å². The minimum absolute atomic E-state index is 0.951. The summed E-state index contributed by atoms with van der Waals surface area (Å²) in [5.74, 6) is 0.951. The highest BCUT2D eigenvalue weighted by molar-refractivity contribution is 5.34. The van der Waals surface area contributed by atoms with Crippen LogP contribution in [0.2, 0.25) is 0 Å². The largest absolute Gasteiger partial charge is 0.497 e. The molecule has 0 saturated carbocycles. The number of methoxy groups -OCH3 is 1. The zero-order valence-corrected chi connectivity index (χ0v) is 10.9. The van der Waals surface area contributed by atoms with E-state index in [2.05, 4.69) is 37.9 Å². The molecule has 0 radical (unpaired) electrons. The summed E-state index contributed by atoms with van der Waals surface area (Å²) in [5, 5.41) is 0. The fraction of sp³-hybridized carbons (Fsp3) is 0.571. The van der Waals surface area contributed by atoms with Gasteiger partial charge in [0.05, 0.1) is 7.11 Å². The van der Waals surface area contributed by atoms with E-state index >= 15 is 0 Å². The molecule has 1 aliphatic heterocycles. The van der Waals surface area contributed by atoms with Crippen molar-refractivity contribution >= 4 is 0 Å². The Hall–Kier alpha value is -1.02. The molecule has 0 bridgehead atoms. The molecule has 0 aliphatic carbocycles. The fourth-order valence-corrected chi connectivity index (χ4v) is 1.63. The second-order valence-corrected chi connectivity index (χ2v) is 4.30. The second-order valence-electron chi connectivity index (χ2n) is 4.30. The molecule has 2 nitrogen and oxygen atoms in total. The summed E-state index contributed by atoms with van der Waals surface area (Å²) in [6.07, 6.45) is 2.49. The van der Waals surface area contributed by atoms with Crippen LogP contribution in [0.1, 0.15) is 24.5 Å². The zero-order chi connectivity index (χ0) is 12.0. The van der Waals surface area contributed by atoms with Gasteiger partial charge in [-0.1, -0.05) is 13.0 Å². The summed E-state index contributed by atoms with van der Waals surface area (Å²) in [6, 6.07) is 6.18. The molecule has 2 rings (SSSR count). The van der Waals surface area contributed by atoms with Crippen molar-refractivity contribution in [3.8, 4) is 5.75 Å². The number of hydrogen-bond acceptors (Lipinski definition) is 2. The van der Waals surface area contributed by atoms with E-state index in [9.17, 15) is 0 Å². The second kappa shape index (κ2) is 6.54. The lowest BCUT2D eigenvalue weighted by atomic mass is 10.1. The molecule has 1 saturated heterocycles. The Morgan fingerprint density at radius 2 is 1.94 bits per heavy atom. The Morgan fingerprint density at radius 1 is 1.31 bits per heavy atom. The van der Waals surface area contributed by atoms with E-state index in [1.165, 1.54) is 30.6 Å². The Kier molecular flexibility index (Phi) is 5.33. The van der Waals surface area contributed by atoms with Crippen molar-refractivity contribution in [2.75, 3.05) is 27.2 Å². The quantitative estimate of drug-likeness (QED) is 0.761. The molecule has 1 aliphatic rings. The van der Waals surface area contributed by atoms with E-state index in [4.69, 9.17) is 4.74 Å². The SMILES string of the molecule is CCc1cc(OC)ccc1C.CN1CCC1. The maximum absolute atomic E-state index is 5.11. The van der Waals surface area contributed by atoms with Crippen LogP contribution in [0.25, 0.3) is 0 Å². The maximum atomic E-state index is 5.11. The minimum atomic E-state index is 0.951. The highest BCUT2D eigenvalue weighted by Crippen LogP contribution is 2.16. The van der Waals surface area contributed by atoms with Gasteiger partial charge >= 0.3 is 0 Å². The van der Waals surface area contributed by atoms with E-state index < -0.39 is 0 Å². The highest BCUT2D eigenvalue weighted by atomic mass is 16.5. The van der Waals surface area contributed by atoms with Gasteiger partial charge < -0.3 is 9.64 Å². The van der Waals surface area contributed by atoms with Crippen molar-refractivity contribution in [3.05, 3.63) is 29.3 Å². The van der Waals surface area contributed by atoms with Crippen LogP contribution in [0, 0.1) is 6.92 Å². The molecule has 0 spiro atoms. The molecule has 0 atom stereocenters. The number of rotatable bonds is 2. The summed E-state index contributed by atoms with van der Waals surface area (Å²) < 4.78 is 5.11. The Morgan fingerprint density at radius 3 is 2.31 bits per heavy atom. The van der Waals surface area contributed by atoms with Gasteiger partial charge in [-0.3, -0.25) is 0 Å². The molecule has 2 heteroatoms. The lowest BCUT2D eigenvalue weighted by Gasteiger charge is -2.24. The zero-order valence-electron chi connectivity index (χ0n) is 10.9. The monoisotopic (exact) mass is 221 g/mol. The number of aryl methyl sites for hydroxylation is 2. The molecular weight excluding hydrogens is 198 g/mol. The van der Waals surface area contributed by atoms with E-state index in [0.29, 0.717) is 0 Å². The van der Waals surface area contributed by atoms with Gasteiger partial charge in [0.2, 0.25) is 0 Å². The summed E-state index contributed by atoms with van der Waals surface area (Å²) in [6.45, 7) is 6.92. The standard InChI is InChI=1S/C10H14O.C4H9N/c1-4-9-7-10(11-3)6-5-8(9)2;1-5-3-2-4-5/h5-7H,4H2,1-3H3;2-4H2,1H3. The first-order valence-corrected chi connectivity index (χ1v) is 5.99. The first-order chi connectivity index (χ1) is 7.67. The molecule has 16 heavy (non-hydrogen) atoms. The topological polar surface area (TPSA) is 12.5 Å². The number of nitrogens with zero attached hydrogens (tertiary/aromatic N) is 1. The summed E-state index contributed by atoms with van der Waals surface area (Å²) in [4.78, 5) is 2.31. The molecule has 0 unspecified atom stereocenters. The molecule has 1 heterocycles. The van der Waals surface area contributed by atoms with Crippen LogP contribution >= 0.6 is 0 Å². The van der Waals surface area contributed by atoms with Crippen LogP contribution in [0.3, 0.4) is 0 Å². The summed E-state index contributed by atoms with van der Waals surface area (Å²) >= 11 is 0. The molecule has 90 valence electrons. The van der Waals surface area contributed by atoms with Gasteiger partial charge in [0.15, 0.2) is 0 Å². The van der Waals surface area contributed by atoms with E-state index in [-0.39, 0.29) is 0 Å². The molecular formula is C14H23NO. The first kappa shape index (κ1) is 13.0. The van der Waals surface area contributed by atoms with Crippen molar-refractivity contribution in [2.45, 2.75) is 26.7 Å². The van der Waals surface area contributed by atoms with Crippen LogP contribution in [0.5, 0.6) is 5.75 Å². The molecule has 1 aromatic carbocycles. The van der Waals surface area contributed by atoms with Crippen LogP contribution in [0.4, 0.5) is 0 Å². The van der Waals surface area contributed by atoms with Gasteiger partial charge in [-0.05, 0) is 63.2 Å². The summed E-state index contributed by atoms with van der Waals surface area (Å²) in [5.41, 5.74) is 2.71. The highest BCUT2D eigenvalue weighted by Gasteiger charge is 2.04. The first-order valence-electron chi connectivity index (χ1n) is 5.99. The molecule has 0 aromatic heterocycles. The predicted octanol–water partition coefficient (Wildman–Crippen LogP) is 2.89. The van der Waals surface area contributed by atoms with E-state index in [0.717, 1.165) is 12.2 Å². The van der Waals surface area contributed by atoms with Crippen LogP contribution in [0.15, 0.2) is 18.2 Å². The van der Waals surface area contributed by atoms with Crippen molar-refractivity contribution in [1.29, 1.82) is 0 Å². The maximum Gasteiger partial charge on any atom is 0.119 e. The average Bonchev–Trinajstić information content (AvgIpc) is 2.28. The lowest BCUT2D eigenvalue weighted by Crippen LogP contribution is -2.32. The van der Waals surface area contributed by atoms with Crippen molar-refractivity contribution in [2.24, 2.45) is 0 Å². The van der Waals surface area contributed by atoms with Crippen LogP contribution in [-0.4, -0.2) is 32.1 Å². The van der Waals surface area contributed by atoms with Gasteiger partial charge in [0.1, 0.15) is 5.75 Å². The van der Waals surface area contributed by atoms with Gasteiger partial charge in [-0.2, -0.15) is 0 Å². The third-order valence-corrected chi connectivity index (χ3v) is 3.02. The Labute approximate surface area is 99.2 Å². The van der Waals surface area contributed by atoms with Crippen LogP contribution < -0.4 is 4.74 Å². The van der Waals surface area contributed by atoms with Gasteiger partial charge in [-0.25, -0.2) is 0 Å². The molecule has 1 aromatic rings. The average molecular weight is 221 g/mol. The van der Waals surface area contributed by atoms with Gasteiger partial charge in [0.25, 0.3) is 0 Å². The van der Waals surface area contributed by atoms with Gasteiger partial charge in [0, 0.05) is 0 Å². The van der Waals surface area contributed by atoms with Crippen molar-refractivity contribution in [3.63, 3.8) is 0 Å². The normalized spacial score (nSPS) is 14.8. The summed E-state index contributed by atoms with van der Waals surface area (Å²) in [7, 11) is 3.84. The van der Waals surface area contributed by atoms with Crippen LogP contribution in [-0.2, 0) is 6.42 Å². The third-order valence-electron chi connectivity index (χ3n) is 3.02. The smallest absolute Gasteiger partial charge is 0.119 e. The number of likely N-dealkylation sites (tertiary alicyclic amines) is 1. The number of ether oxygens (including phenoxy) is 1. The van der Waals surface area contributed by atoms with E-state index in [1.54, 1.807) is 7.11 Å². The number of benzene rings is 1.